The third-order valence-electron chi connectivity index (χ3n) is 2.72. The number of ketones is 1. The van der Waals surface area contributed by atoms with Gasteiger partial charge in [-0.05, 0) is 46.8 Å². The van der Waals surface area contributed by atoms with E-state index in [4.69, 9.17) is 0 Å². The summed E-state index contributed by atoms with van der Waals surface area (Å²) in [5.41, 5.74) is 0. The number of thiophene rings is 1. The van der Waals surface area contributed by atoms with Crippen molar-refractivity contribution < 1.29 is 4.79 Å². The van der Waals surface area contributed by atoms with Crippen LogP contribution in [0.1, 0.15) is 35.4 Å². The Labute approximate surface area is 102 Å². The zero-order valence-corrected chi connectivity index (χ0v) is 10.9. The van der Waals surface area contributed by atoms with Crippen molar-refractivity contribution in [2.75, 3.05) is 6.54 Å². The van der Waals surface area contributed by atoms with Gasteiger partial charge in [0.05, 0.1) is 10.9 Å². The highest BCUT2D eigenvalue weighted by molar-refractivity contribution is 9.10. The normalized spacial score (nSPS) is 22.3. The lowest BCUT2D eigenvalue weighted by Crippen LogP contribution is -2.35. The van der Waals surface area contributed by atoms with Crippen molar-refractivity contribution in [2.45, 2.75) is 31.7 Å². The maximum atomic E-state index is 12.2. The van der Waals surface area contributed by atoms with Crippen LogP contribution in [0.2, 0.25) is 0 Å². The van der Waals surface area contributed by atoms with E-state index < -0.39 is 0 Å². The molecule has 0 spiro atoms. The van der Waals surface area contributed by atoms with E-state index in [1.807, 2.05) is 11.4 Å². The SMILES string of the molecule is O=C(c1sccc1Br)C1CCCCCN1. The van der Waals surface area contributed by atoms with E-state index in [-0.39, 0.29) is 11.8 Å². The Balaban J connectivity index is 2.09. The van der Waals surface area contributed by atoms with Crippen LogP contribution in [0.4, 0.5) is 0 Å². The van der Waals surface area contributed by atoms with Crippen molar-refractivity contribution in [3.63, 3.8) is 0 Å². The van der Waals surface area contributed by atoms with Gasteiger partial charge in [0.15, 0.2) is 5.78 Å². The first-order valence-electron chi connectivity index (χ1n) is 5.29. The van der Waals surface area contributed by atoms with E-state index in [1.54, 1.807) is 0 Å². The highest BCUT2D eigenvalue weighted by Gasteiger charge is 2.23. The minimum absolute atomic E-state index is 0.0300. The number of carbonyl (C=O) groups is 1. The highest BCUT2D eigenvalue weighted by Crippen LogP contribution is 2.25. The van der Waals surface area contributed by atoms with Gasteiger partial charge in [0, 0.05) is 4.47 Å². The van der Waals surface area contributed by atoms with Crippen LogP contribution >= 0.6 is 27.3 Å². The number of hydrogen-bond donors (Lipinski definition) is 1. The number of halogens is 1. The van der Waals surface area contributed by atoms with Crippen LogP contribution in [0.25, 0.3) is 0 Å². The second-order valence-electron chi connectivity index (χ2n) is 3.82. The molecule has 2 rings (SSSR count). The summed E-state index contributed by atoms with van der Waals surface area (Å²) in [7, 11) is 0. The van der Waals surface area contributed by atoms with Gasteiger partial charge in [-0.25, -0.2) is 0 Å². The average Bonchev–Trinajstić information content (AvgIpc) is 2.53. The summed E-state index contributed by atoms with van der Waals surface area (Å²) in [6, 6.07) is 1.97. The first-order chi connectivity index (χ1) is 7.29. The van der Waals surface area contributed by atoms with Crippen LogP contribution in [0.15, 0.2) is 15.9 Å². The third kappa shape index (κ3) is 2.68. The molecule has 1 fully saturated rings. The zero-order valence-electron chi connectivity index (χ0n) is 8.46. The molecular formula is C11H14BrNOS. The molecular weight excluding hydrogens is 274 g/mol. The van der Waals surface area contributed by atoms with Crippen molar-refractivity contribution in [3.8, 4) is 0 Å². The van der Waals surface area contributed by atoms with Crippen molar-refractivity contribution in [3.05, 3.63) is 20.8 Å². The summed E-state index contributed by atoms with van der Waals surface area (Å²) in [6.45, 7) is 0.972. The molecule has 0 aliphatic carbocycles. The predicted octanol–water partition coefficient (Wildman–Crippen LogP) is 3.23. The molecule has 2 nitrogen and oxygen atoms in total. The summed E-state index contributed by atoms with van der Waals surface area (Å²) < 4.78 is 0.934. The minimum atomic E-state index is 0.0300. The van der Waals surface area contributed by atoms with Crippen molar-refractivity contribution in [2.24, 2.45) is 0 Å². The first-order valence-corrected chi connectivity index (χ1v) is 6.97. The fourth-order valence-electron chi connectivity index (χ4n) is 1.88. The summed E-state index contributed by atoms with van der Waals surface area (Å²) >= 11 is 4.94. The summed E-state index contributed by atoms with van der Waals surface area (Å²) in [4.78, 5) is 13.0. The van der Waals surface area contributed by atoms with Crippen molar-refractivity contribution >= 4 is 33.0 Å². The maximum Gasteiger partial charge on any atom is 0.190 e. The van der Waals surface area contributed by atoms with E-state index in [2.05, 4.69) is 21.2 Å². The van der Waals surface area contributed by atoms with Gasteiger partial charge in [-0.15, -0.1) is 11.3 Å². The molecule has 1 N–H and O–H groups in total. The fourth-order valence-corrected chi connectivity index (χ4v) is 3.44. The monoisotopic (exact) mass is 287 g/mol. The van der Waals surface area contributed by atoms with Crippen LogP contribution in [-0.2, 0) is 0 Å². The lowest BCUT2D eigenvalue weighted by molar-refractivity contribution is 0.0944. The van der Waals surface area contributed by atoms with Crippen molar-refractivity contribution in [1.82, 2.24) is 5.32 Å². The zero-order chi connectivity index (χ0) is 10.7. The van der Waals surface area contributed by atoms with Gasteiger partial charge in [-0.1, -0.05) is 12.8 Å². The molecule has 1 aliphatic heterocycles. The van der Waals surface area contributed by atoms with Crippen LogP contribution in [0, 0.1) is 0 Å². The van der Waals surface area contributed by atoms with Gasteiger partial charge in [0.2, 0.25) is 0 Å². The molecule has 1 aromatic heterocycles. The Hall–Kier alpha value is -0.190. The molecule has 1 atom stereocenters. The Morgan fingerprint density at radius 3 is 3.07 bits per heavy atom. The van der Waals surface area contributed by atoms with Gasteiger partial charge < -0.3 is 5.32 Å². The lowest BCUT2D eigenvalue weighted by Gasteiger charge is -2.13. The van der Waals surface area contributed by atoms with E-state index in [1.165, 1.54) is 24.2 Å². The molecule has 4 heteroatoms. The molecule has 1 aromatic rings. The van der Waals surface area contributed by atoms with Gasteiger partial charge in [-0.2, -0.15) is 0 Å². The largest absolute Gasteiger partial charge is 0.307 e. The summed E-state index contributed by atoms with van der Waals surface area (Å²) in [6.07, 6.45) is 4.56. The number of rotatable bonds is 2. The van der Waals surface area contributed by atoms with Gasteiger partial charge in [-0.3, -0.25) is 4.79 Å². The van der Waals surface area contributed by atoms with Crippen LogP contribution in [0.5, 0.6) is 0 Å². The second-order valence-corrected chi connectivity index (χ2v) is 5.59. The Morgan fingerprint density at radius 2 is 2.33 bits per heavy atom. The smallest absolute Gasteiger partial charge is 0.190 e. The summed E-state index contributed by atoms with van der Waals surface area (Å²) in [5.74, 6) is 0.249. The molecule has 82 valence electrons. The number of carbonyl (C=O) groups excluding carboxylic acids is 1. The number of hydrogen-bond acceptors (Lipinski definition) is 3. The van der Waals surface area contributed by atoms with E-state index in [9.17, 15) is 4.79 Å². The van der Waals surface area contributed by atoms with Crippen LogP contribution in [-0.4, -0.2) is 18.4 Å². The van der Waals surface area contributed by atoms with Gasteiger partial charge >= 0.3 is 0 Å². The fraction of sp³-hybridized carbons (Fsp3) is 0.545. The Bertz CT molecular complexity index is 342. The molecule has 1 saturated heterocycles. The number of Topliss-reactive ketones (excluding diaryl/α,β-unsaturated/α-hetero) is 1. The molecule has 0 saturated carbocycles. The van der Waals surface area contributed by atoms with E-state index in [0.29, 0.717) is 0 Å². The predicted molar refractivity (Wildman–Crippen MR) is 66.6 cm³/mol. The molecule has 0 amide bonds. The molecule has 1 unspecified atom stereocenters. The van der Waals surface area contributed by atoms with Crippen molar-refractivity contribution in [1.29, 1.82) is 0 Å². The van der Waals surface area contributed by atoms with Gasteiger partial charge in [0.1, 0.15) is 0 Å². The van der Waals surface area contributed by atoms with E-state index in [0.717, 1.165) is 28.7 Å². The van der Waals surface area contributed by atoms with Gasteiger partial charge in [0.25, 0.3) is 0 Å². The summed E-state index contributed by atoms with van der Waals surface area (Å²) in [5, 5.41) is 5.29. The topological polar surface area (TPSA) is 29.1 Å². The molecule has 1 aliphatic rings. The molecule has 0 bridgehead atoms. The Morgan fingerprint density at radius 1 is 1.47 bits per heavy atom. The lowest BCUT2D eigenvalue weighted by atomic mass is 10.1. The third-order valence-corrected chi connectivity index (χ3v) is 4.57. The highest BCUT2D eigenvalue weighted by atomic mass is 79.9. The molecule has 0 aromatic carbocycles. The van der Waals surface area contributed by atoms with Crippen LogP contribution < -0.4 is 5.32 Å². The standard InChI is InChI=1S/C11H14BrNOS/c12-8-5-7-15-11(8)10(14)9-4-2-1-3-6-13-9/h5,7,9,13H,1-4,6H2. The maximum absolute atomic E-state index is 12.2. The molecule has 0 radical (unpaired) electrons. The number of nitrogens with one attached hydrogen (secondary N) is 1. The minimum Gasteiger partial charge on any atom is -0.307 e. The average molecular weight is 288 g/mol. The quantitative estimate of drug-likeness (QED) is 0.847. The first kappa shape index (κ1) is 11.3. The molecule has 2 heterocycles. The second kappa shape index (κ2) is 5.23. The molecule has 15 heavy (non-hydrogen) atoms. The Kier molecular flexibility index (Phi) is 3.94. The van der Waals surface area contributed by atoms with E-state index >= 15 is 0 Å². The van der Waals surface area contributed by atoms with Crippen LogP contribution in [0.3, 0.4) is 0 Å².